The Kier molecular flexibility index (Phi) is 4.04. The summed E-state index contributed by atoms with van der Waals surface area (Å²) in [5, 5.41) is 15.0. The van der Waals surface area contributed by atoms with Crippen LogP contribution in [0.5, 0.6) is 0 Å². The van der Waals surface area contributed by atoms with Crippen molar-refractivity contribution >= 4 is 11.9 Å². The van der Waals surface area contributed by atoms with Crippen LogP contribution in [0.4, 0.5) is 0 Å². The van der Waals surface area contributed by atoms with Crippen LogP contribution in [0, 0.1) is 0 Å². The lowest BCUT2D eigenvalue weighted by atomic mass is 10.2. The number of aryl methyl sites for hydroxylation is 2. The molecule has 1 amide bonds. The number of aromatic nitrogens is 2. The van der Waals surface area contributed by atoms with Crippen molar-refractivity contribution in [3.63, 3.8) is 0 Å². The Morgan fingerprint density at radius 1 is 1.62 bits per heavy atom. The minimum absolute atomic E-state index is 0.265. The SMILES string of the molecule is C[C@H](NC(=O)CCc1cnn(C)c1)C(=O)O. The molecule has 1 aromatic rings. The number of rotatable bonds is 5. The fourth-order valence-electron chi connectivity index (χ4n) is 1.23. The fraction of sp³-hybridized carbons (Fsp3) is 0.500. The van der Waals surface area contributed by atoms with E-state index in [0.29, 0.717) is 6.42 Å². The average Bonchev–Trinajstić information content (AvgIpc) is 2.61. The summed E-state index contributed by atoms with van der Waals surface area (Å²) in [6.45, 7) is 1.43. The quantitative estimate of drug-likeness (QED) is 0.735. The first-order valence-corrected chi connectivity index (χ1v) is 4.98. The maximum absolute atomic E-state index is 11.3. The predicted octanol–water partition coefficient (Wildman–Crippen LogP) is -0.0580. The Labute approximate surface area is 93.3 Å². The van der Waals surface area contributed by atoms with Gasteiger partial charge in [-0.1, -0.05) is 0 Å². The molecule has 16 heavy (non-hydrogen) atoms. The van der Waals surface area contributed by atoms with E-state index in [1.807, 2.05) is 6.20 Å². The molecule has 6 heteroatoms. The van der Waals surface area contributed by atoms with E-state index >= 15 is 0 Å². The maximum Gasteiger partial charge on any atom is 0.325 e. The van der Waals surface area contributed by atoms with Crippen molar-refractivity contribution < 1.29 is 14.7 Å². The highest BCUT2D eigenvalue weighted by atomic mass is 16.4. The third-order valence-electron chi connectivity index (χ3n) is 2.15. The van der Waals surface area contributed by atoms with Gasteiger partial charge in [0.1, 0.15) is 6.04 Å². The molecule has 0 spiro atoms. The monoisotopic (exact) mass is 225 g/mol. The van der Waals surface area contributed by atoms with Crippen LogP contribution in [-0.2, 0) is 23.1 Å². The normalized spacial score (nSPS) is 12.1. The van der Waals surface area contributed by atoms with Gasteiger partial charge in [0.15, 0.2) is 0 Å². The van der Waals surface area contributed by atoms with Gasteiger partial charge in [-0.05, 0) is 18.9 Å². The largest absolute Gasteiger partial charge is 0.480 e. The van der Waals surface area contributed by atoms with E-state index in [0.717, 1.165) is 5.56 Å². The molecule has 0 aliphatic rings. The molecule has 1 atom stereocenters. The number of carboxylic acid groups (broad SMARTS) is 1. The van der Waals surface area contributed by atoms with E-state index in [1.54, 1.807) is 17.9 Å². The van der Waals surface area contributed by atoms with Crippen LogP contribution < -0.4 is 5.32 Å². The number of amides is 1. The molecule has 6 nitrogen and oxygen atoms in total. The molecule has 1 aromatic heterocycles. The third-order valence-corrected chi connectivity index (χ3v) is 2.15. The predicted molar refractivity (Wildman–Crippen MR) is 56.8 cm³/mol. The molecule has 88 valence electrons. The Morgan fingerprint density at radius 3 is 2.81 bits per heavy atom. The van der Waals surface area contributed by atoms with E-state index in [9.17, 15) is 9.59 Å². The van der Waals surface area contributed by atoms with Crippen LogP contribution in [0.15, 0.2) is 12.4 Å². The number of nitrogens with zero attached hydrogens (tertiary/aromatic N) is 2. The first-order valence-electron chi connectivity index (χ1n) is 4.98. The van der Waals surface area contributed by atoms with Crippen molar-refractivity contribution in [2.75, 3.05) is 0 Å². The van der Waals surface area contributed by atoms with E-state index in [2.05, 4.69) is 10.4 Å². The van der Waals surface area contributed by atoms with Crippen LogP contribution in [0.2, 0.25) is 0 Å². The van der Waals surface area contributed by atoms with Gasteiger partial charge < -0.3 is 10.4 Å². The van der Waals surface area contributed by atoms with Crippen LogP contribution in [0.3, 0.4) is 0 Å². The van der Waals surface area contributed by atoms with Gasteiger partial charge in [-0.25, -0.2) is 0 Å². The number of aliphatic carboxylic acids is 1. The number of carbonyl (C=O) groups excluding carboxylic acids is 1. The number of carboxylic acids is 1. The van der Waals surface area contributed by atoms with Gasteiger partial charge in [-0.3, -0.25) is 14.3 Å². The van der Waals surface area contributed by atoms with E-state index in [1.165, 1.54) is 6.92 Å². The summed E-state index contributed by atoms with van der Waals surface area (Å²) in [6, 6.07) is -0.846. The van der Waals surface area contributed by atoms with Gasteiger partial charge in [-0.15, -0.1) is 0 Å². The lowest BCUT2D eigenvalue weighted by Gasteiger charge is -2.08. The lowest BCUT2D eigenvalue weighted by molar-refractivity contribution is -0.141. The molecule has 0 saturated carbocycles. The van der Waals surface area contributed by atoms with Gasteiger partial charge >= 0.3 is 5.97 Å². The maximum atomic E-state index is 11.3. The first-order chi connectivity index (χ1) is 7.49. The zero-order valence-corrected chi connectivity index (χ0v) is 9.30. The second-order valence-corrected chi connectivity index (χ2v) is 3.65. The molecule has 1 rings (SSSR count). The van der Waals surface area contributed by atoms with Gasteiger partial charge in [0.05, 0.1) is 6.20 Å². The van der Waals surface area contributed by atoms with E-state index in [-0.39, 0.29) is 12.3 Å². The van der Waals surface area contributed by atoms with Gasteiger partial charge in [0.2, 0.25) is 5.91 Å². The highest BCUT2D eigenvalue weighted by Crippen LogP contribution is 2.00. The molecular weight excluding hydrogens is 210 g/mol. The Balaban J connectivity index is 2.33. The van der Waals surface area contributed by atoms with Gasteiger partial charge in [-0.2, -0.15) is 5.10 Å². The molecule has 0 fully saturated rings. The summed E-state index contributed by atoms with van der Waals surface area (Å²) in [5.41, 5.74) is 0.959. The summed E-state index contributed by atoms with van der Waals surface area (Å²) in [5.74, 6) is -1.30. The van der Waals surface area contributed by atoms with Crippen LogP contribution in [-0.4, -0.2) is 32.8 Å². The van der Waals surface area contributed by atoms with Crippen molar-refractivity contribution in [3.05, 3.63) is 18.0 Å². The zero-order valence-electron chi connectivity index (χ0n) is 9.30. The average molecular weight is 225 g/mol. The standard InChI is InChI=1S/C10H15N3O3/c1-7(10(15)16)12-9(14)4-3-8-5-11-13(2)6-8/h5-7H,3-4H2,1-2H3,(H,12,14)(H,15,16)/t7-/m0/s1. The molecule has 0 aliphatic heterocycles. The minimum Gasteiger partial charge on any atom is -0.480 e. The Bertz CT molecular complexity index is 386. The van der Waals surface area contributed by atoms with Gasteiger partial charge in [0, 0.05) is 19.7 Å². The Morgan fingerprint density at radius 2 is 2.31 bits per heavy atom. The molecule has 1 heterocycles. The number of carbonyl (C=O) groups is 2. The molecule has 0 radical (unpaired) electrons. The number of nitrogens with one attached hydrogen (secondary N) is 1. The molecule has 2 N–H and O–H groups in total. The van der Waals surface area contributed by atoms with Crippen LogP contribution in [0.1, 0.15) is 18.9 Å². The smallest absolute Gasteiger partial charge is 0.325 e. The Hall–Kier alpha value is -1.85. The first kappa shape index (κ1) is 12.2. The van der Waals surface area contributed by atoms with E-state index < -0.39 is 12.0 Å². The minimum atomic E-state index is -1.03. The third kappa shape index (κ3) is 3.72. The second kappa shape index (κ2) is 5.29. The van der Waals surface area contributed by atoms with Crippen LogP contribution >= 0.6 is 0 Å². The highest BCUT2D eigenvalue weighted by molar-refractivity contribution is 5.83. The summed E-state index contributed by atoms with van der Waals surface area (Å²) in [7, 11) is 1.80. The summed E-state index contributed by atoms with van der Waals surface area (Å²) in [4.78, 5) is 21.8. The molecule has 0 unspecified atom stereocenters. The molecule has 0 saturated heterocycles. The van der Waals surface area contributed by atoms with Crippen molar-refractivity contribution in [3.8, 4) is 0 Å². The van der Waals surface area contributed by atoms with Gasteiger partial charge in [0.25, 0.3) is 0 Å². The summed E-state index contributed by atoms with van der Waals surface area (Å²) < 4.78 is 1.66. The number of hydrogen-bond acceptors (Lipinski definition) is 3. The molecule has 0 aromatic carbocycles. The van der Waals surface area contributed by atoms with Crippen LogP contribution in [0.25, 0.3) is 0 Å². The molecule has 0 aliphatic carbocycles. The summed E-state index contributed by atoms with van der Waals surface area (Å²) in [6.07, 6.45) is 4.34. The highest BCUT2D eigenvalue weighted by Gasteiger charge is 2.13. The molecule has 0 bridgehead atoms. The topological polar surface area (TPSA) is 84.2 Å². The second-order valence-electron chi connectivity index (χ2n) is 3.65. The van der Waals surface area contributed by atoms with Crippen molar-refractivity contribution in [1.29, 1.82) is 0 Å². The van der Waals surface area contributed by atoms with E-state index in [4.69, 9.17) is 5.11 Å². The van der Waals surface area contributed by atoms with Crippen molar-refractivity contribution in [2.24, 2.45) is 7.05 Å². The lowest BCUT2D eigenvalue weighted by Crippen LogP contribution is -2.38. The van der Waals surface area contributed by atoms with Crippen molar-refractivity contribution in [2.45, 2.75) is 25.8 Å². The molecular formula is C10H15N3O3. The zero-order chi connectivity index (χ0) is 12.1. The summed E-state index contributed by atoms with van der Waals surface area (Å²) >= 11 is 0. The number of hydrogen-bond donors (Lipinski definition) is 2. The van der Waals surface area contributed by atoms with Crippen molar-refractivity contribution in [1.82, 2.24) is 15.1 Å². The fourth-order valence-corrected chi connectivity index (χ4v) is 1.23.